The Balaban J connectivity index is 2.02. The molecule has 0 saturated carbocycles. The molecule has 112 valence electrons. The van der Waals surface area contributed by atoms with Crippen molar-refractivity contribution in [1.82, 2.24) is 4.48 Å². The molecule has 23 heavy (non-hydrogen) atoms. The summed E-state index contributed by atoms with van der Waals surface area (Å²) in [5.74, 6) is 0. The smallest absolute Gasteiger partial charge is 0.145 e. The van der Waals surface area contributed by atoms with Gasteiger partial charge in [-0.15, -0.1) is 0 Å². The summed E-state index contributed by atoms with van der Waals surface area (Å²) >= 11 is 0. The van der Waals surface area contributed by atoms with Gasteiger partial charge in [0.05, 0.1) is 14.1 Å². The minimum Gasteiger partial charge on any atom is -0.263 e. The molecule has 0 aromatic heterocycles. The molecule has 4 aromatic rings. The molecule has 0 aliphatic heterocycles. The molecule has 0 aliphatic rings. The standard InChI is InChI=1S/C22H20N/c1-23(2,21-15-7-11-17-9-3-5-13-19(17)21)22-16-8-12-18-10-4-6-14-20(18)22/h3-16H,1-2H3/q+1. The van der Waals surface area contributed by atoms with Crippen LogP contribution in [0.15, 0.2) is 84.9 Å². The van der Waals surface area contributed by atoms with Crippen molar-refractivity contribution >= 4 is 32.9 Å². The normalized spacial score (nSPS) is 11.9. The number of quaternary nitrogens is 1. The Morgan fingerprint density at radius 2 is 0.870 bits per heavy atom. The first-order valence-electron chi connectivity index (χ1n) is 7.98. The lowest BCUT2D eigenvalue weighted by molar-refractivity contribution is 0.563. The van der Waals surface area contributed by atoms with Gasteiger partial charge in [-0.2, -0.15) is 0 Å². The van der Waals surface area contributed by atoms with E-state index in [4.69, 9.17) is 0 Å². The third kappa shape index (κ3) is 2.21. The SMILES string of the molecule is C[N+](C)(c1cccc2ccccc12)c1cccc2ccccc12. The van der Waals surface area contributed by atoms with Crippen LogP contribution >= 0.6 is 0 Å². The molecule has 0 heterocycles. The van der Waals surface area contributed by atoms with Crippen LogP contribution in [-0.2, 0) is 0 Å². The van der Waals surface area contributed by atoms with Crippen LogP contribution in [0.1, 0.15) is 0 Å². The predicted molar refractivity (Wildman–Crippen MR) is 101 cm³/mol. The fraction of sp³-hybridized carbons (Fsp3) is 0.0909. The highest BCUT2D eigenvalue weighted by Gasteiger charge is 2.26. The van der Waals surface area contributed by atoms with Crippen molar-refractivity contribution in [3.8, 4) is 0 Å². The lowest BCUT2D eigenvalue weighted by Gasteiger charge is -2.31. The Morgan fingerprint density at radius 3 is 1.35 bits per heavy atom. The number of hydrogen-bond donors (Lipinski definition) is 0. The van der Waals surface area contributed by atoms with Crippen LogP contribution in [-0.4, -0.2) is 14.1 Å². The summed E-state index contributed by atoms with van der Waals surface area (Å²) in [7, 11) is 4.53. The van der Waals surface area contributed by atoms with Crippen molar-refractivity contribution in [1.29, 1.82) is 0 Å². The van der Waals surface area contributed by atoms with Crippen LogP contribution in [0.5, 0.6) is 0 Å². The van der Waals surface area contributed by atoms with Crippen molar-refractivity contribution in [3.05, 3.63) is 84.9 Å². The van der Waals surface area contributed by atoms with Gasteiger partial charge in [-0.25, -0.2) is 0 Å². The Bertz CT molecular complexity index is 907. The molecule has 0 N–H and O–H groups in total. The van der Waals surface area contributed by atoms with Crippen LogP contribution in [0.25, 0.3) is 21.5 Å². The first-order chi connectivity index (χ1) is 11.2. The molecule has 1 heteroatoms. The second-order valence-corrected chi connectivity index (χ2v) is 6.45. The zero-order valence-corrected chi connectivity index (χ0v) is 13.5. The number of nitrogens with zero attached hydrogens (tertiary/aromatic N) is 1. The number of benzene rings is 4. The van der Waals surface area contributed by atoms with Crippen molar-refractivity contribution in [2.45, 2.75) is 0 Å². The zero-order valence-electron chi connectivity index (χ0n) is 13.5. The monoisotopic (exact) mass is 298 g/mol. The van der Waals surface area contributed by atoms with Crippen molar-refractivity contribution in [2.75, 3.05) is 14.1 Å². The van der Waals surface area contributed by atoms with E-state index in [9.17, 15) is 0 Å². The third-order valence-electron chi connectivity index (χ3n) is 4.74. The van der Waals surface area contributed by atoms with Crippen LogP contribution in [0.3, 0.4) is 0 Å². The maximum Gasteiger partial charge on any atom is 0.145 e. The topological polar surface area (TPSA) is 0 Å². The van der Waals surface area contributed by atoms with E-state index < -0.39 is 0 Å². The molecule has 0 atom stereocenters. The summed E-state index contributed by atoms with van der Waals surface area (Å²) in [5.41, 5.74) is 2.64. The molecule has 0 saturated heterocycles. The second kappa shape index (κ2) is 5.22. The third-order valence-corrected chi connectivity index (χ3v) is 4.74. The highest BCUT2D eigenvalue weighted by Crippen LogP contribution is 2.39. The van der Waals surface area contributed by atoms with Crippen LogP contribution in [0, 0.1) is 0 Å². The van der Waals surface area contributed by atoms with E-state index in [1.807, 2.05) is 0 Å². The Labute approximate surface area is 137 Å². The van der Waals surface area contributed by atoms with E-state index in [2.05, 4.69) is 99.0 Å². The maximum absolute atomic E-state index is 2.27. The largest absolute Gasteiger partial charge is 0.263 e. The highest BCUT2D eigenvalue weighted by atomic mass is 15.3. The molecule has 0 amide bonds. The van der Waals surface area contributed by atoms with E-state index >= 15 is 0 Å². The molecule has 0 aliphatic carbocycles. The van der Waals surface area contributed by atoms with Crippen LogP contribution < -0.4 is 4.48 Å². The minimum absolute atomic E-state index is 0.725. The van der Waals surface area contributed by atoms with E-state index in [0.717, 1.165) is 4.48 Å². The van der Waals surface area contributed by atoms with Crippen LogP contribution in [0.4, 0.5) is 11.4 Å². The number of hydrogen-bond acceptors (Lipinski definition) is 0. The summed E-state index contributed by atoms with van der Waals surface area (Å²) in [5, 5.41) is 5.20. The van der Waals surface area contributed by atoms with Crippen LogP contribution in [0.2, 0.25) is 0 Å². The van der Waals surface area contributed by atoms with Gasteiger partial charge >= 0.3 is 0 Å². The maximum atomic E-state index is 2.27. The minimum atomic E-state index is 0.725. The van der Waals surface area contributed by atoms with Gasteiger partial charge in [0.25, 0.3) is 0 Å². The highest BCUT2D eigenvalue weighted by molar-refractivity contribution is 5.99. The average Bonchev–Trinajstić information content (AvgIpc) is 2.60. The zero-order chi connectivity index (χ0) is 15.9. The average molecular weight is 298 g/mol. The Hall–Kier alpha value is -2.64. The Morgan fingerprint density at radius 1 is 0.478 bits per heavy atom. The van der Waals surface area contributed by atoms with Gasteiger partial charge in [0, 0.05) is 22.9 Å². The molecule has 0 unspecified atom stereocenters. The van der Waals surface area contributed by atoms with Crippen molar-refractivity contribution in [2.24, 2.45) is 0 Å². The molecule has 1 nitrogen and oxygen atoms in total. The van der Waals surface area contributed by atoms with E-state index in [1.165, 1.54) is 32.9 Å². The first kappa shape index (κ1) is 14.0. The van der Waals surface area contributed by atoms with Crippen molar-refractivity contribution in [3.63, 3.8) is 0 Å². The second-order valence-electron chi connectivity index (χ2n) is 6.45. The number of rotatable bonds is 2. The summed E-state index contributed by atoms with van der Waals surface area (Å²) in [4.78, 5) is 0. The van der Waals surface area contributed by atoms with E-state index in [0.29, 0.717) is 0 Å². The fourth-order valence-electron chi connectivity index (χ4n) is 3.52. The molecular weight excluding hydrogens is 278 g/mol. The number of fused-ring (bicyclic) bond motifs is 2. The first-order valence-corrected chi connectivity index (χ1v) is 7.98. The quantitative estimate of drug-likeness (QED) is 0.405. The van der Waals surface area contributed by atoms with Gasteiger partial charge in [0.1, 0.15) is 11.4 Å². The van der Waals surface area contributed by atoms with E-state index in [1.54, 1.807) is 0 Å². The molecule has 0 bridgehead atoms. The van der Waals surface area contributed by atoms with Gasteiger partial charge in [-0.3, -0.25) is 4.48 Å². The van der Waals surface area contributed by atoms with Gasteiger partial charge in [-0.1, -0.05) is 60.7 Å². The summed E-state index contributed by atoms with van der Waals surface area (Å²) in [6.07, 6.45) is 0. The Kier molecular flexibility index (Phi) is 3.17. The van der Waals surface area contributed by atoms with Gasteiger partial charge in [0.15, 0.2) is 0 Å². The molecule has 0 radical (unpaired) electrons. The summed E-state index contributed by atoms with van der Waals surface area (Å²) in [6.45, 7) is 0. The molecular formula is C22H20N+. The summed E-state index contributed by atoms with van der Waals surface area (Å²) < 4.78 is 0.725. The molecule has 0 fully saturated rings. The molecule has 4 rings (SSSR count). The fourth-order valence-corrected chi connectivity index (χ4v) is 3.52. The predicted octanol–water partition coefficient (Wildman–Crippen LogP) is 5.89. The van der Waals surface area contributed by atoms with E-state index in [-0.39, 0.29) is 0 Å². The van der Waals surface area contributed by atoms with Crippen molar-refractivity contribution < 1.29 is 0 Å². The van der Waals surface area contributed by atoms with Gasteiger partial charge in [0.2, 0.25) is 0 Å². The molecule has 4 aromatic carbocycles. The lowest BCUT2D eigenvalue weighted by atomic mass is 10.0. The summed E-state index contributed by atoms with van der Waals surface area (Å²) in [6, 6.07) is 30.4. The lowest BCUT2D eigenvalue weighted by Crippen LogP contribution is -2.34. The molecule has 0 spiro atoms. The van der Waals surface area contributed by atoms with Gasteiger partial charge in [-0.05, 0) is 22.9 Å². The van der Waals surface area contributed by atoms with Gasteiger partial charge < -0.3 is 0 Å².